The smallest absolute Gasteiger partial charge is 0.0378 e. The molecule has 0 saturated heterocycles. The first kappa shape index (κ1) is 18.2. The molecular weight excluding hydrogens is 232 g/mol. The van der Waals surface area contributed by atoms with E-state index < -0.39 is 0 Å². The molecule has 0 aromatic carbocycles. The Kier molecular flexibility index (Phi) is 9.68. The van der Waals surface area contributed by atoms with Gasteiger partial charge in [0.1, 0.15) is 0 Å². The lowest BCUT2D eigenvalue weighted by Gasteiger charge is -2.34. The standard InChI is InChI=1S/C17H34N2/c1-7-10-11-12-13-14-18-16(17(4,5)6)15-19(8-2)9-3/h8-9,16,18H,2-3,7,10-15H2,1,4-6H3. The van der Waals surface area contributed by atoms with Gasteiger partial charge in [-0.15, -0.1) is 0 Å². The van der Waals surface area contributed by atoms with Crippen molar-refractivity contribution >= 4 is 0 Å². The minimum Gasteiger partial charge on any atom is -0.354 e. The van der Waals surface area contributed by atoms with Gasteiger partial charge in [0.25, 0.3) is 0 Å². The van der Waals surface area contributed by atoms with Crippen molar-refractivity contribution in [2.75, 3.05) is 13.1 Å². The van der Waals surface area contributed by atoms with Crippen LogP contribution in [0.2, 0.25) is 0 Å². The molecule has 0 aliphatic rings. The first-order valence-corrected chi connectivity index (χ1v) is 7.70. The van der Waals surface area contributed by atoms with Crippen LogP contribution in [-0.4, -0.2) is 24.0 Å². The van der Waals surface area contributed by atoms with E-state index in [4.69, 9.17) is 0 Å². The van der Waals surface area contributed by atoms with Crippen molar-refractivity contribution in [3.63, 3.8) is 0 Å². The highest BCUT2D eigenvalue weighted by Gasteiger charge is 2.24. The van der Waals surface area contributed by atoms with E-state index in [0.29, 0.717) is 6.04 Å². The summed E-state index contributed by atoms with van der Waals surface area (Å²) in [5.41, 5.74) is 0.244. The highest BCUT2D eigenvalue weighted by atomic mass is 15.1. The van der Waals surface area contributed by atoms with Gasteiger partial charge in [0.2, 0.25) is 0 Å². The van der Waals surface area contributed by atoms with Gasteiger partial charge in [-0.05, 0) is 30.8 Å². The molecule has 0 aromatic heterocycles. The molecule has 0 amide bonds. The average molecular weight is 266 g/mol. The first-order valence-electron chi connectivity index (χ1n) is 7.70. The van der Waals surface area contributed by atoms with Crippen molar-refractivity contribution in [3.05, 3.63) is 25.6 Å². The fraction of sp³-hybridized carbons (Fsp3) is 0.765. The third kappa shape index (κ3) is 8.88. The number of hydrogen-bond donors (Lipinski definition) is 1. The number of rotatable bonds is 11. The van der Waals surface area contributed by atoms with Gasteiger partial charge < -0.3 is 10.2 Å². The van der Waals surface area contributed by atoms with Crippen LogP contribution in [0.3, 0.4) is 0 Å². The molecule has 0 aromatic rings. The molecule has 0 radical (unpaired) electrons. The quantitative estimate of drug-likeness (QED) is 0.552. The molecule has 19 heavy (non-hydrogen) atoms. The monoisotopic (exact) mass is 266 g/mol. The summed E-state index contributed by atoms with van der Waals surface area (Å²) >= 11 is 0. The molecule has 0 aliphatic heterocycles. The van der Waals surface area contributed by atoms with Crippen LogP contribution in [0.1, 0.15) is 59.8 Å². The third-order valence-electron chi connectivity index (χ3n) is 3.58. The molecule has 0 bridgehead atoms. The second-order valence-electron chi connectivity index (χ2n) is 6.35. The van der Waals surface area contributed by atoms with Gasteiger partial charge in [-0.2, -0.15) is 0 Å². The maximum Gasteiger partial charge on any atom is 0.0378 e. The summed E-state index contributed by atoms with van der Waals surface area (Å²) < 4.78 is 0. The summed E-state index contributed by atoms with van der Waals surface area (Å²) in [5, 5.41) is 3.70. The molecule has 112 valence electrons. The minimum absolute atomic E-state index is 0.244. The number of nitrogens with one attached hydrogen (secondary N) is 1. The fourth-order valence-corrected chi connectivity index (χ4v) is 2.08. The van der Waals surface area contributed by atoms with Crippen LogP contribution in [0.5, 0.6) is 0 Å². The second-order valence-corrected chi connectivity index (χ2v) is 6.35. The lowest BCUT2D eigenvalue weighted by atomic mass is 9.86. The van der Waals surface area contributed by atoms with E-state index in [-0.39, 0.29) is 5.41 Å². The van der Waals surface area contributed by atoms with Crippen molar-refractivity contribution < 1.29 is 0 Å². The Morgan fingerprint density at radius 3 is 2.11 bits per heavy atom. The van der Waals surface area contributed by atoms with Crippen molar-refractivity contribution in [1.82, 2.24) is 10.2 Å². The molecule has 0 heterocycles. The van der Waals surface area contributed by atoms with Crippen molar-refractivity contribution in [2.45, 2.75) is 65.8 Å². The molecule has 2 nitrogen and oxygen atoms in total. The summed E-state index contributed by atoms with van der Waals surface area (Å²) in [4.78, 5) is 2.06. The lowest BCUT2D eigenvalue weighted by molar-refractivity contribution is 0.231. The molecule has 0 fully saturated rings. The fourth-order valence-electron chi connectivity index (χ4n) is 2.08. The minimum atomic E-state index is 0.244. The summed E-state index contributed by atoms with van der Waals surface area (Å²) in [7, 11) is 0. The molecule has 0 aliphatic carbocycles. The number of unbranched alkanes of at least 4 members (excludes halogenated alkanes) is 4. The molecule has 0 spiro atoms. The van der Waals surface area contributed by atoms with E-state index in [0.717, 1.165) is 13.1 Å². The predicted octanol–water partition coefficient (Wildman–Crippen LogP) is 4.55. The Labute approximate surface area is 121 Å². The highest BCUT2D eigenvalue weighted by Crippen LogP contribution is 2.20. The Morgan fingerprint density at radius 1 is 1.05 bits per heavy atom. The van der Waals surface area contributed by atoms with E-state index in [2.05, 4.69) is 51.1 Å². The normalized spacial score (nSPS) is 13.1. The van der Waals surface area contributed by atoms with Gasteiger partial charge in [0.05, 0.1) is 0 Å². The van der Waals surface area contributed by atoms with Gasteiger partial charge in [0.15, 0.2) is 0 Å². The van der Waals surface area contributed by atoms with Gasteiger partial charge in [-0.25, -0.2) is 0 Å². The molecule has 1 atom stereocenters. The molecule has 1 N–H and O–H groups in total. The van der Waals surface area contributed by atoms with E-state index in [9.17, 15) is 0 Å². The molecular formula is C17H34N2. The maximum atomic E-state index is 3.82. The highest BCUT2D eigenvalue weighted by molar-refractivity contribution is 4.90. The molecule has 0 saturated carbocycles. The molecule has 1 unspecified atom stereocenters. The van der Waals surface area contributed by atoms with Gasteiger partial charge in [-0.1, -0.05) is 66.5 Å². The van der Waals surface area contributed by atoms with Crippen LogP contribution >= 0.6 is 0 Å². The maximum absolute atomic E-state index is 3.82. The molecule has 2 heteroatoms. The Morgan fingerprint density at radius 2 is 1.63 bits per heavy atom. The Hall–Kier alpha value is -0.760. The second kappa shape index (κ2) is 10.1. The van der Waals surface area contributed by atoms with Crippen molar-refractivity contribution in [3.8, 4) is 0 Å². The van der Waals surface area contributed by atoms with Crippen LogP contribution in [-0.2, 0) is 0 Å². The first-order chi connectivity index (χ1) is 8.95. The zero-order chi connectivity index (χ0) is 14.7. The lowest BCUT2D eigenvalue weighted by Crippen LogP contribution is -2.46. The van der Waals surface area contributed by atoms with E-state index >= 15 is 0 Å². The predicted molar refractivity (Wildman–Crippen MR) is 87.1 cm³/mol. The largest absolute Gasteiger partial charge is 0.354 e. The summed E-state index contributed by atoms with van der Waals surface area (Å²) in [6, 6.07) is 0.453. The van der Waals surface area contributed by atoms with E-state index in [1.807, 2.05) is 12.4 Å². The Balaban J connectivity index is 4.08. The van der Waals surface area contributed by atoms with Gasteiger partial charge >= 0.3 is 0 Å². The average Bonchev–Trinajstić information content (AvgIpc) is 2.35. The summed E-state index contributed by atoms with van der Waals surface area (Å²) in [5.74, 6) is 0. The third-order valence-corrected chi connectivity index (χ3v) is 3.58. The van der Waals surface area contributed by atoms with Crippen LogP contribution in [0, 0.1) is 5.41 Å². The van der Waals surface area contributed by atoms with Crippen molar-refractivity contribution in [1.29, 1.82) is 0 Å². The summed E-state index contributed by atoms with van der Waals surface area (Å²) in [6.07, 6.45) is 10.3. The topological polar surface area (TPSA) is 15.3 Å². The van der Waals surface area contributed by atoms with Gasteiger partial charge in [-0.3, -0.25) is 0 Å². The van der Waals surface area contributed by atoms with Crippen LogP contribution in [0.15, 0.2) is 25.6 Å². The van der Waals surface area contributed by atoms with Crippen molar-refractivity contribution in [2.24, 2.45) is 5.41 Å². The van der Waals surface area contributed by atoms with E-state index in [1.54, 1.807) is 0 Å². The SMILES string of the molecule is C=CN(C=C)CC(NCCCCCCC)C(C)(C)C. The number of hydrogen-bond acceptors (Lipinski definition) is 2. The van der Waals surface area contributed by atoms with E-state index in [1.165, 1.54) is 32.1 Å². The molecule has 0 rings (SSSR count). The van der Waals surface area contributed by atoms with Crippen LogP contribution < -0.4 is 5.32 Å². The zero-order valence-electron chi connectivity index (χ0n) is 13.5. The summed E-state index contributed by atoms with van der Waals surface area (Å²) in [6.45, 7) is 18.8. The zero-order valence-corrected chi connectivity index (χ0v) is 13.5. The Bertz CT molecular complexity index is 232. The van der Waals surface area contributed by atoms with Crippen LogP contribution in [0.25, 0.3) is 0 Å². The number of nitrogens with zero attached hydrogens (tertiary/aromatic N) is 1. The van der Waals surface area contributed by atoms with Gasteiger partial charge in [0, 0.05) is 12.6 Å². The van der Waals surface area contributed by atoms with Crippen LogP contribution in [0.4, 0.5) is 0 Å².